The standard InChI is InChI=1S/C25H34ClNO4/c1-24(2,3)10-7-17-5-6-18(14-21(17)26)25-11-8-20(31-4)13-19(25)16-27(22(28)15-25)12-9-23(29)30/h5-6,14,16,20H,7-13,15H2,1-4H3,(H,29,30)/t20?,25-/m0/s1. The SMILES string of the molecule is COC1CC[C@@]2(c3ccc(CCC(C)(C)C)c(Cl)c3)CC(=O)N(CCC(=O)O)C=C2C1. The second kappa shape index (κ2) is 9.33. The molecule has 170 valence electrons. The van der Waals surface area contributed by atoms with Crippen molar-refractivity contribution in [3.63, 3.8) is 0 Å². The Morgan fingerprint density at radius 1 is 1.35 bits per heavy atom. The molecule has 1 fully saturated rings. The number of carboxylic acid groups (broad SMARTS) is 1. The number of aliphatic carboxylic acids is 1. The fourth-order valence-electron chi connectivity index (χ4n) is 4.70. The van der Waals surface area contributed by atoms with Gasteiger partial charge in [-0.3, -0.25) is 9.59 Å². The number of aryl methyl sites for hydroxylation is 1. The summed E-state index contributed by atoms with van der Waals surface area (Å²) in [4.78, 5) is 25.6. The summed E-state index contributed by atoms with van der Waals surface area (Å²) in [5, 5.41) is 9.78. The van der Waals surface area contributed by atoms with Crippen molar-refractivity contribution in [1.82, 2.24) is 4.90 Å². The summed E-state index contributed by atoms with van der Waals surface area (Å²) in [5.74, 6) is -0.937. The molecule has 1 saturated carbocycles. The van der Waals surface area contributed by atoms with E-state index >= 15 is 0 Å². The van der Waals surface area contributed by atoms with E-state index in [-0.39, 0.29) is 30.4 Å². The van der Waals surface area contributed by atoms with E-state index < -0.39 is 11.4 Å². The van der Waals surface area contributed by atoms with Gasteiger partial charge in [0.2, 0.25) is 5.91 Å². The van der Waals surface area contributed by atoms with Crippen LogP contribution in [0.3, 0.4) is 0 Å². The van der Waals surface area contributed by atoms with E-state index in [9.17, 15) is 9.59 Å². The smallest absolute Gasteiger partial charge is 0.305 e. The van der Waals surface area contributed by atoms with Crippen molar-refractivity contribution < 1.29 is 19.4 Å². The van der Waals surface area contributed by atoms with Crippen LogP contribution < -0.4 is 0 Å². The second-order valence-corrected chi connectivity index (χ2v) is 10.5. The van der Waals surface area contributed by atoms with Crippen molar-refractivity contribution in [3.8, 4) is 0 Å². The van der Waals surface area contributed by atoms with Gasteiger partial charge in [-0.05, 0) is 60.3 Å². The highest BCUT2D eigenvalue weighted by Gasteiger charge is 2.46. The predicted octanol–water partition coefficient (Wildman–Crippen LogP) is 5.35. The molecule has 0 saturated heterocycles. The van der Waals surface area contributed by atoms with Crippen LogP contribution in [0.2, 0.25) is 5.02 Å². The van der Waals surface area contributed by atoms with E-state index in [1.54, 1.807) is 12.0 Å². The Morgan fingerprint density at radius 2 is 2.10 bits per heavy atom. The molecule has 0 aromatic heterocycles. The lowest BCUT2D eigenvalue weighted by Crippen LogP contribution is -2.46. The normalized spacial score (nSPS) is 24.0. The minimum Gasteiger partial charge on any atom is -0.481 e. The van der Waals surface area contributed by atoms with Crippen LogP contribution in [0.15, 0.2) is 30.0 Å². The number of benzene rings is 1. The first-order valence-corrected chi connectivity index (χ1v) is 11.5. The van der Waals surface area contributed by atoms with Crippen LogP contribution in [0.5, 0.6) is 0 Å². The van der Waals surface area contributed by atoms with Gasteiger partial charge in [0.05, 0.1) is 12.5 Å². The second-order valence-electron chi connectivity index (χ2n) is 10.1. The van der Waals surface area contributed by atoms with Crippen LogP contribution in [-0.4, -0.2) is 41.6 Å². The van der Waals surface area contributed by atoms with E-state index in [1.807, 2.05) is 12.3 Å². The molecule has 1 aromatic carbocycles. The van der Waals surface area contributed by atoms with E-state index in [0.717, 1.165) is 53.8 Å². The molecule has 0 bridgehead atoms. The van der Waals surface area contributed by atoms with Crippen LogP contribution in [0, 0.1) is 5.41 Å². The van der Waals surface area contributed by atoms with Crippen molar-refractivity contribution in [2.45, 2.75) is 77.2 Å². The molecule has 1 N–H and O–H groups in total. The minimum atomic E-state index is -0.904. The Labute approximate surface area is 190 Å². The van der Waals surface area contributed by atoms with Crippen LogP contribution in [0.25, 0.3) is 0 Å². The van der Waals surface area contributed by atoms with Gasteiger partial charge in [0.15, 0.2) is 0 Å². The number of methoxy groups -OCH3 is 1. The van der Waals surface area contributed by atoms with E-state index in [2.05, 4.69) is 32.9 Å². The molecule has 3 rings (SSSR count). The summed E-state index contributed by atoms with van der Waals surface area (Å²) in [7, 11) is 1.72. The summed E-state index contributed by atoms with van der Waals surface area (Å²) in [6.45, 7) is 6.87. The summed E-state index contributed by atoms with van der Waals surface area (Å²) >= 11 is 6.71. The van der Waals surface area contributed by atoms with E-state index in [1.165, 1.54) is 0 Å². The number of fused-ring (bicyclic) bond motifs is 1. The topological polar surface area (TPSA) is 66.8 Å². The molecule has 0 spiro atoms. The highest BCUT2D eigenvalue weighted by Crippen LogP contribution is 2.49. The molecule has 31 heavy (non-hydrogen) atoms. The number of hydrogen-bond acceptors (Lipinski definition) is 3. The van der Waals surface area contributed by atoms with Gasteiger partial charge in [-0.2, -0.15) is 0 Å². The number of rotatable bonds is 7. The number of carbonyl (C=O) groups is 2. The third-order valence-electron chi connectivity index (χ3n) is 6.69. The van der Waals surface area contributed by atoms with Gasteiger partial charge in [0.25, 0.3) is 0 Å². The van der Waals surface area contributed by atoms with Crippen molar-refractivity contribution in [2.75, 3.05) is 13.7 Å². The Balaban J connectivity index is 1.93. The maximum absolute atomic E-state index is 13.0. The first-order valence-electron chi connectivity index (χ1n) is 11.1. The summed E-state index contributed by atoms with van der Waals surface area (Å²) in [6.07, 6.45) is 6.65. The molecule has 1 heterocycles. The van der Waals surface area contributed by atoms with Gasteiger partial charge in [0.1, 0.15) is 0 Å². The molecule has 1 aliphatic carbocycles. The Bertz CT molecular complexity index is 873. The third-order valence-corrected chi connectivity index (χ3v) is 7.04. The zero-order valence-electron chi connectivity index (χ0n) is 19.0. The Morgan fingerprint density at radius 3 is 2.71 bits per heavy atom. The number of halogens is 1. The molecule has 2 atom stereocenters. The van der Waals surface area contributed by atoms with Gasteiger partial charge in [-0.25, -0.2) is 0 Å². The number of carboxylic acids is 1. The maximum atomic E-state index is 13.0. The first kappa shape index (κ1) is 23.8. The molecular weight excluding hydrogens is 414 g/mol. The Kier molecular flexibility index (Phi) is 7.17. The van der Waals surface area contributed by atoms with Gasteiger partial charge < -0.3 is 14.7 Å². The average molecular weight is 448 g/mol. The van der Waals surface area contributed by atoms with Crippen LogP contribution >= 0.6 is 11.6 Å². The molecule has 1 amide bonds. The lowest BCUT2D eigenvalue weighted by atomic mass is 9.62. The van der Waals surface area contributed by atoms with Crippen LogP contribution in [0.4, 0.5) is 0 Å². The monoisotopic (exact) mass is 447 g/mol. The van der Waals surface area contributed by atoms with Crippen molar-refractivity contribution >= 4 is 23.5 Å². The minimum absolute atomic E-state index is 0.0335. The maximum Gasteiger partial charge on any atom is 0.305 e. The highest BCUT2D eigenvalue weighted by atomic mass is 35.5. The average Bonchev–Trinajstić information content (AvgIpc) is 2.70. The number of nitrogens with zero attached hydrogens (tertiary/aromatic N) is 1. The summed E-state index contributed by atoms with van der Waals surface area (Å²) < 4.78 is 5.62. The largest absolute Gasteiger partial charge is 0.481 e. The fourth-order valence-corrected chi connectivity index (χ4v) is 4.98. The van der Waals surface area contributed by atoms with Crippen molar-refractivity contribution in [3.05, 3.63) is 46.1 Å². The molecule has 6 heteroatoms. The molecular formula is C25H34ClNO4. The number of ether oxygens (including phenoxy) is 1. The predicted molar refractivity (Wildman–Crippen MR) is 122 cm³/mol. The first-order chi connectivity index (χ1) is 14.5. The Hall–Kier alpha value is -1.85. The van der Waals surface area contributed by atoms with Gasteiger partial charge in [-0.15, -0.1) is 0 Å². The van der Waals surface area contributed by atoms with E-state index in [0.29, 0.717) is 6.42 Å². The lowest BCUT2D eigenvalue weighted by Gasteiger charge is -2.46. The van der Waals surface area contributed by atoms with Crippen LogP contribution in [-0.2, 0) is 26.2 Å². The van der Waals surface area contributed by atoms with Gasteiger partial charge in [0, 0.05) is 36.7 Å². The molecule has 1 aromatic rings. The molecule has 1 aliphatic heterocycles. The molecule has 2 aliphatic rings. The zero-order valence-corrected chi connectivity index (χ0v) is 19.8. The molecule has 5 nitrogen and oxygen atoms in total. The van der Waals surface area contributed by atoms with E-state index in [4.69, 9.17) is 21.4 Å². The summed E-state index contributed by atoms with van der Waals surface area (Å²) in [6, 6.07) is 6.28. The highest BCUT2D eigenvalue weighted by molar-refractivity contribution is 6.31. The number of carbonyl (C=O) groups excluding carboxylic acids is 1. The molecule has 1 unspecified atom stereocenters. The molecule has 0 radical (unpaired) electrons. The van der Waals surface area contributed by atoms with Crippen molar-refractivity contribution in [2.24, 2.45) is 5.41 Å². The number of hydrogen-bond donors (Lipinski definition) is 1. The van der Waals surface area contributed by atoms with Gasteiger partial charge in [-0.1, -0.05) is 44.5 Å². The lowest BCUT2D eigenvalue weighted by molar-refractivity contribution is -0.138. The number of amides is 1. The third kappa shape index (κ3) is 5.50. The fraction of sp³-hybridized carbons (Fsp3) is 0.600. The quantitative estimate of drug-likeness (QED) is 0.612. The van der Waals surface area contributed by atoms with Crippen molar-refractivity contribution in [1.29, 1.82) is 0 Å². The van der Waals surface area contributed by atoms with Gasteiger partial charge >= 0.3 is 5.97 Å². The van der Waals surface area contributed by atoms with Crippen LogP contribution in [0.1, 0.15) is 70.4 Å². The summed E-state index contributed by atoms with van der Waals surface area (Å²) in [5.41, 5.74) is 3.19. The zero-order chi connectivity index (χ0) is 22.8.